The molecule has 0 saturated heterocycles. The van der Waals surface area contributed by atoms with Crippen molar-refractivity contribution in [2.75, 3.05) is 7.11 Å². The highest BCUT2D eigenvalue weighted by Crippen LogP contribution is 2.20. The summed E-state index contributed by atoms with van der Waals surface area (Å²) < 4.78 is 16.0. The van der Waals surface area contributed by atoms with Crippen LogP contribution >= 0.6 is 0 Å². The zero-order valence-corrected chi connectivity index (χ0v) is 10.4. The molecular weight excluding hydrogens is 230 g/mol. The van der Waals surface area contributed by atoms with Gasteiger partial charge in [-0.05, 0) is 23.8 Å². The molecule has 1 aromatic heterocycles. The maximum absolute atomic E-state index is 5.62. The van der Waals surface area contributed by atoms with Crippen LogP contribution < -0.4 is 10.5 Å². The molecule has 2 N–H and O–H groups in total. The molecule has 0 aliphatic carbocycles. The quantitative estimate of drug-likeness (QED) is 0.852. The zero-order chi connectivity index (χ0) is 12.8. The summed E-state index contributed by atoms with van der Waals surface area (Å²) >= 11 is 0. The number of nitrogens with two attached hydrogens (primary N) is 1. The van der Waals surface area contributed by atoms with Crippen LogP contribution in [0.5, 0.6) is 5.75 Å². The molecule has 0 atom stereocenters. The maximum atomic E-state index is 5.62. The van der Waals surface area contributed by atoms with Gasteiger partial charge in [0.2, 0.25) is 0 Å². The van der Waals surface area contributed by atoms with Crippen LogP contribution in [0.15, 0.2) is 41.0 Å². The smallest absolute Gasteiger partial charge is 0.129 e. The van der Waals surface area contributed by atoms with Gasteiger partial charge in [0.05, 0.1) is 20.0 Å². The summed E-state index contributed by atoms with van der Waals surface area (Å²) in [5, 5.41) is 0. The Balaban J connectivity index is 1.93. The highest BCUT2D eigenvalue weighted by Gasteiger charge is 2.03. The number of furan rings is 1. The normalized spacial score (nSPS) is 10.6. The Morgan fingerprint density at radius 3 is 2.78 bits per heavy atom. The number of hydrogen-bond donors (Lipinski definition) is 1. The molecule has 0 fully saturated rings. The first-order valence-electron chi connectivity index (χ1n) is 5.79. The molecule has 0 radical (unpaired) electrons. The molecule has 1 aromatic carbocycles. The molecule has 96 valence electrons. The Morgan fingerprint density at radius 1 is 1.22 bits per heavy atom. The third-order valence-corrected chi connectivity index (χ3v) is 2.66. The van der Waals surface area contributed by atoms with Gasteiger partial charge in [-0.1, -0.05) is 12.1 Å². The van der Waals surface area contributed by atoms with Gasteiger partial charge in [-0.15, -0.1) is 0 Å². The van der Waals surface area contributed by atoms with E-state index in [1.807, 2.05) is 30.3 Å². The molecule has 2 aromatic rings. The lowest BCUT2D eigenvalue weighted by Crippen LogP contribution is -2.01. The van der Waals surface area contributed by atoms with Gasteiger partial charge in [0.25, 0.3) is 0 Å². The molecule has 0 saturated carbocycles. The van der Waals surface area contributed by atoms with Gasteiger partial charge >= 0.3 is 0 Å². The molecule has 0 bridgehead atoms. The Kier molecular flexibility index (Phi) is 4.39. The Hall–Kier alpha value is -1.78. The second-order valence-electron chi connectivity index (χ2n) is 3.92. The van der Waals surface area contributed by atoms with Crippen LogP contribution in [0.25, 0.3) is 0 Å². The van der Waals surface area contributed by atoms with Crippen molar-refractivity contribution in [1.29, 1.82) is 0 Å². The molecular formula is C14H17NO3. The lowest BCUT2D eigenvalue weighted by atomic mass is 10.1. The molecule has 0 aliphatic heterocycles. The summed E-state index contributed by atoms with van der Waals surface area (Å²) in [6, 6.07) is 9.64. The van der Waals surface area contributed by atoms with Crippen LogP contribution in [0.1, 0.15) is 16.9 Å². The highest BCUT2D eigenvalue weighted by atomic mass is 16.5. The molecule has 0 amide bonds. The van der Waals surface area contributed by atoms with Gasteiger partial charge in [0.15, 0.2) is 0 Å². The summed E-state index contributed by atoms with van der Waals surface area (Å²) in [6.45, 7) is 1.45. The van der Waals surface area contributed by atoms with E-state index in [0.717, 1.165) is 22.6 Å². The molecule has 18 heavy (non-hydrogen) atoms. The fourth-order valence-electron chi connectivity index (χ4n) is 1.71. The van der Waals surface area contributed by atoms with E-state index >= 15 is 0 Å². The van der Waals surface area contributed by atoms with E-state index < -0.39 is 0 Å². The molecule has 4 heteroatoms. The van der Waals surface area contributed by atoms with Gasteiger partial charge in [-0.25, -0.2) is 0 Å². The van der Waals surface area contributed by atoms with E-state index in [9.17, 15) is 0 Å². The number of methoxy groups -OCH3 is 1. The van der Waals surface area contributed by atoms with Crippen LogP contribution in [0.4, 0.5) is 0 Å². The van der Waals surface area contributed by atoms with E-state index in [1.165, 1.54) is 0 Å². The van der Waals surface area contributed by atoms with E-state index in [1.54, 1.807) is 13.4 Å². The van der Waals surface area contributed by atoms with Crippen molar-refractivity contribution >= 4 is 0 Å². The van der Waals surface area contributed by atoms with Gasteiger partial charge < -0.3 is 19.6 Å². The van der Waals surface area contributed by atoms with Crippen molar-refractivity contribution in [1.82, 2.24) is 0 Å². The van der Waals surface area contributed by atoms with E-state index in [4.69, 9.17) is 19.6 Å². The van der Waals surface area contributed by atoms with Gasteiger partial charge in [0, 0.05) is 12.1 Å². The molecule has 1 heterocycles. The van der Waals surface area contributed by atoms with Gasteiger partial charge in [-0.3, -0.25) is 0 Å². The van der Waals surface area contributed by atoms with Crippen LogP contribution in [0, 0.1) is 0 Å². The summed E-state index contributed by atoms with van der Waals surface area (Å²) in [4.78, 5) is 0. The van der Waals surface area contributed by atoms with E-state index in [-0.39, 0.29) is 0 Å². The number of ether oxygens (including phenoxy) is 2. The van der Waals surface area contributed by atoms with Crippen molar-refractivity contribution in [2.24, 2.45) is 5.73 Å². The Morgan fingerprint density at radius 2 is 2.11 bits per heavy atom. The van der Waals surface area contributed by atoms with Crippen molar-refractivity contribution in [3.63, 3.8) is 0 Å². The lowest BCUT2D eigenvalue weighted by Gasteiger charge is -2.09. The van der Waals surface area contributed by atoms with E-state index in [2.05, 4.69) is 0 Å². The topological polar surface area (TPSA) is 57.6 Å². The third-order valence-electron chi connectivity index (χ3n) is 2.66. The van der Waals surface area contributed by atoms with Crippen molar-refractivity contribution in [3.05, 3.63) is 53.5 Å². The van der Waals surface area contributed by atoms with Crippen LogP contribution in [0.3, 0.4) is 0 Å². The second-order valence-corrected chi connectivity index (χ2v) is 3.92. The lowest BCUT2D eigenvalue weighted by molar-refractivity contribution is 0.0928. The highest BCUT2D eigenvalue weighted by molar-refractivity contribution is 5.37. The minimum Gasteiger partial charge on any atom is -0.496 e. The maximum Gasteiger partial charge on any atom is 0.129 e. The standard InChI is InChI=1S/C14H17NO3/c1-16-14-7-11(4-5-12(14)8-15)9-17-10-13-3-2-6-18-13/h2-7H,8-10,15H2,1H3. The minimum absolute atomic E-state index is 0.466. The molecule has 0 aliphatic rings. The van der Waals surface area contributed by atoms with Crippen LogP contribution in [-0.4, -0.2) is 7.11 Å². The fourth-order valence-corrected chi connectivity index (χ4v) is 1.71. The molecule has 2 rings (SSSR count). The Labute approximate surface area is 106 Å². The first-order chi connectivity index (χ1) is 8.83. The van der Waals surface area contributed by atoms with Gasteiger partial charge in [-0.2, -0.15) is 0 Å². The Bertz CT molecular complexity index is 480. The average Bonchev–Trinajstić information content (AvgIpc) is 2.91. The summed E-state index contributed by atoms with van der Waals surface area (Å²) in [5.41, 5.74) is 7.66. The summed E-state index contributed by atoms with van der Waals surface area (Å²) in [7, 11) is 1.64. The van der Waals surface area contributed by atoms with Gasteiger partial charge in [0.1, 0.15) is 18.1 Å². The summed E-state index contributed by atoms with van der Waals surface area (Å²) in [5.74, 6) is 1.62. The first-order valence-corrected chi connectivity index (χ1v) is 5.79. The largest absolute Gasteiger partial charge is 0.496 e. The van der Waals surface area contributed by atoms with Crippen LogP contribution in [0.2, 0.25) is 0 Å². The predicted octanol–water partition coefficient (Wildman–Crippen LogP) is 2.46. The molecule has 4 nitrogen and oxygen atoms in total. The van der Waals surface area contributed by atoms with Crippen molar-refractivity contribution in [2.45, 2.75) is 19.8 Å². The number of benzene rings is 1. The van der Waals surface area contributed by atoms with Crippen LogP contribution in [-0.2, 0) is 24.5 Å². The van der Waals surface area contributed by atoms with Crippen molar-refractivity contribution < 1.29 is 13.9 Å². The average molecular weight is 247 g/mol. The second kappa shape index (κ2) is 6.23. The molecule has 0 unspecified atom stereocenters. The zero-order valence-electron chi connectivity index (χ0n) is 10.4. The number of hydrogen-bond acceptors (Lipinski definition) is 4. The third kappa shape index (κ3) is 3.12. The predicted molar refractivity (Wildman–Crippen MR) is 68.1 cm³/mol. The van der Waals surface area contributed by atoms with Crippen molar-refractivity contribution in [3.8, 4) is 5.75 Å². The monoisotopic (exact) mass is 247 g/mol. The fraction of sp³-hybridized carbons (Fsp3) is 0.286. The van der Waals surface area contributed by atoms with E-state index in [0.29, 0.717) is 19.8 Å². The first kappa shape index (κ1) is 12.7. The minimum atomic E-state index is 0.466. The number of rotatable bonds is 6. The summed E-state index contributed by atoms with van der Waals surface area (Å²) in [6.07, 6.45) is 1.64. The SMILES string of the molecule is COc1cc(COCc2ccco2)ccc1CN. The molecule has 0 spiro atoms.